The molecule has 3 heterocycles. The van der Waals surface area contributed by atoms with Crippen molar-refractivity contribution in [3.8, 4) is 5.75 Å². The molecular weight excluding hydrogens is 374 g/mol. The van der Waals surface area contributed by atoms with Crippen LogP contribution in [0.1, 0.15) is 46.6 Å². The minimum Gasteiger partial charge on any atom is -0.496 e. The van der Waals surface area contributed by atoms with Crippen LogP contribution in [0.25, 0.3) is 0 Å². The maximum absolute atomic E-state index is 12.9. The summed E-state index contributed by atoms with van der Waals surface area (Å²) in [4.78, 5) is 21.7. The summed E-state index contributed by atoms with van der Waals surface area (Å²) < 4.78 is 5.38. The summed E-state index contributed by atoms with van der Waals surface area (Å²) in [5.74, 6) is 0.901. The van der Waals surface area contributed by atoms with Crippen molar-refractivity contribution < 1.29 is 9.53 Å². The first-order chi connectivity index (χ1) is 13.4. The van der Waals surface area contributed by atoms with E-state index in [4.69, 9.17) is 16.3 Å². The van der Waals surface area contributed by atoms with Gasteiger partial charge in [-0.25, -0.2) is 0 Å². The minimum absolute atomic E-state index is 0.0885. The molecule has 3 atom stereocenters. The highest BCUT2D eigenvalue weighted by atomic mass is 35.5. The number of nitrogens with zero attached hydrogens (tertiary/aromatic N) is 3. The van der Waals surface area contributed by atoms with Gasteiger partial charge in [-0.2, -0.15) is 0 Å². The Hall–Kier alpha value is -2.11. The molecule has 2 aliphatic rings. The number of hydrogen-bond acceptors (Lipinski definition) is 4. The highest BCUT2D eigenvalue weighted by Crippen LogP contribution is 2.41. The number of aromatic nitrogens is 1. The molecule has 148 valence electrons. The van der Waals surface area contributed by atoms with Crippen LogP contribution in [0.15, 0.2) is 30.5 Å². The molecule has 0 spiro atoms. The molecule has 6 heteroatoms. The molecule has 2 fully saturated rings. The van der Waals surface area contributed by atoms with Crippen molar-refractivity contribution >= 4 is 17.5 Å². The van der Waals surface area contributed by atoms with E-state index >= 15 is 0 Å². The van der Waals surface area contributed by atoms with Crippen molar-refractivity contribution in [1.82, 2.24) is 14.8 Å². The predicted octanol–water partition coefficient (Wildman–Crippen LogP) is 4.02. The van der Waals surface area contributed by atoms with Crippen LogP contribution in [0.2, 0.25) is 5.02 Å². The average Bonchev–Trinajstić information content (AvgIpc) is 3.30. The molecule has 2 aromatic rings. The van der Waals surface area contributed by atoms with Gasteiger partial charge in [-0.05, 0) is 51.0 Å². The number of fused-ring (bicyclic) bond motifs is 2. The monoisotopic (exact) mass is 399 g/mol. The average molecular weight is 400 g/mol. The first-order valence-electron chi connectivity index (χ1n) is 9.73. The summed E-state index contributed by atoms with van der Waals surface area (Å²) in [5.41, 5.74) is 3.69. The Morgan fingerprint density at radius 2 is 2.00 bits per heavy atom. The smallest absolute Gasteiger partial charge is 0.255 e. The van der Waals surface area contributed by atoms with Crippen molar-refractivity contribution in [2.75, 3.05) is 20.2 Å². The Balaban J connectivity index is 1.49. The van der Waals surface area contributed by atoms with Crippen LogP contribution in [0.4, 0.5) is 0 Å². The lowest BCUT2D eigenvalue weighted by atomic mass is 10.0. The molecule has 2 saturated heterocycles. The van der Waals surface area contributed by atoms with Crippen molar-refractivity contribution in [2.45, 2.75) is 45.3 Å². The Labute approximate surface area is 171 Å². The van der Waals surface area contributed by atoms with Gasteiger partial charge in [0.15, 0.2) is 0 Å². The van der Waals surface area contributed by atoms with Crippen LogP contribution >= 0.6 is 11.6 Å². The van der Waals surface area contributed by atoms with Crippen molar-refractivity contribution in [3.63, 3.8) is 0 Å². The van der Waals surface area contributed by atoms with Crippen LogP contribution in [0, 0.1) is 13.8 Å². The number of pyridine rings is 1. The maximum atomic E-state index is 12.9. The first kappa shape index (κ1) is 19.2. The predicted molar refractivity (Wildman–Crippen MR) is 110 cm³/mol. The second-order valence-electron chi connectivity index (χ2n) is 7.86. The van der Waals surface area contributed by atoms with Gasteiger partial charge < -0.3 is 9.64 Å². The molecule has 1 aromatic heterocycles. The Morgan fingerprint density at radius 3 is 2.61 bits per heavy atom. The SMILES string of the molecule is COc1ccc([C@H](C)N2C[C@@H]3C[C@H]2CN3C(=O)c2ccc(C)nc2)c(Cl)c1C. The first-order valence-corrected chi connectivity index (χ1v) is 10.1. The molecular formula is C22H26ClN3O2. The molecule has 0 N–H and O–H groups in total. The van der Waals surface area contributed by atoms with E-state index in [1.54, 1.807) is 13.3 Å². The molecule has 1 aromatic carbocycles. The number of piperazine rings is 1. The number of amides is 1. The second kappa shape index (κ2) is 7.37. The summed E-state index contributed by atoms with van der Waals surface area (Å²) in [7, 11) is 1.66. The van der Waals surface area contributed by atoms with Crippen molar-refractivity contribution in [1.29, 1.82) is 0 Å². The number of likely N-dealkylation sites (tertiary alicyclic amines) is 2. The van der Waals surface area contributed by atoms with E-state index in [1.165, 1.54) is 0 Å². The topological polar surface area (TPSA) is 45.7 Å². The number of carbonyl (C=O) groups is 1. The van der Waals surface area contributed by atoms with Gasteiger partial charge in [0.25, 0.3) is 5.91 Å². The van der Waals surface area contributed by atoms with Gasteiger partial charge >= 0.3 is 0 Å². The largest absolute Gasteiger partial charge is 0.496 e. The Kier molecular flexibility index (Phi) is 5.06. The summed E-state index contributed by atoms with van der Waals surface area (Å²) in [6.45, 7) is 7.75. The maximum Gasteiger partial charge on any atom is 0.255 e. The van der Waals surface area contributed by atoms with E-state index in [9.17, 15) is 4.79 Å². The summed E-state index contributed by atoms with van der Waals surface area (Å²) in [5, 5.41) is 0.772. The van der Waals surface area contributed by atoms with Crippen LogP contribution in [0.5, 0.6) is 5.75 Å². The standard InChI is InChI=1S/C22H26ClN3O2/c1-13-5-6-16(10-24-13)22(27)26-12-17-9-18(26)11-25(17)15(3)19-7-8-20(28-4)14(2)21(19)23/h5-8,10,15,17-18H,9,11-12H2,1-4H3/t15-,17-,18-/m0/s1. The van der Waals surface area contributed by atoms with Crippen molar-refractivity contribution in [2.24, 2.45) is 0 Å². The van der Waals surface area contributed by atoms with Gasteiger partial charge in [-0.15, -0.1) is 0 Å². The number of hydrogen-bond donors (Lipinski definition) is 0. The molecule has 5 nitrogen and oxygen atoms in total. The van der Waals surface area contributed by atoms with E-state index in [0.717, 1.165) is 47.1 Å². The molecule has 2 bridgehead atoms. The number of carbonyl (C=O) groups excluding carboxylic acids is 1. The fraction of sp³-hybridized carbons (Fsp3) is 0.455. The Bertz CT molecular complexity index is 899. The number of methoxy groups -OCH3 is 1. The quantitative estimate of drug-likeness (QED) is 0.778. The van der Waals surface area contributed by atoms with Crippen LogP contribution in [-0.4, -0.2) is 53.0 Å². The molecule has 1 amide bonds. The third-order valence-electron chi connectivity index (χ3n) is 6.24. The number of aryl methyl sites for hydroxylation is 1. The zero-order chi connectivity index (χ0) is 20.0. The van der Waals surface area contributed by atoms with E-state index in [2.05, 4.69) is 22.9 Å². The minimum atomic E-state index is 0.0885. The lowest BCUT2D eigenvalue weighted by molar-refractivity contribution is 0.0569. The normalized spacial score (nSPS) is 22.5. The van der Waals surface area contributed by atoms with E-state index in [1.807, 2.05) is 36.9 Å². The molecule has 0 aliphatic carbocycles. The summed E-state index contributed by atoms with van der Waals surface area (Å²) in [6, 6.07) is 8.62. The van der Waals surface area contributed by atoms with Crippen LogP contribution in [0.3, 0.4) is 0 Å². The van der Waals surface area contributed by atoms with Gasteiger partial charge in [0.2, 0.25) is 0 Å². The fourth-order valence-electron chi connectivity index (χ4n) is 4.59. The van der Waals surface area contributed by atoms with E-state index in [-0.39, 0.29) is 18.0 Å². The van der Waals surface area contributed by atoms with E-state index < -0.39 is 0 Å². The molecule has 0 unspecified atom stereocenters. The fourth-order valence-corrected chi connectivity index (χ4v) is 4.91. The number of benzene rings is 1. The summed E-state index contributed by atoms with van der Waals surface area (Å²) in [6.07, 6.45) is 2.70. The zero-order valence-electron chi connectivity index (χ0n) is 16.8. The lowest BCUT2D eigenvalue weighted by Gasteiger charge is -2.38. The molecule has 2 aliphatic heterocycles. The second-order valence-corrected chi connectivity index (χ2v) is 8.24. The zero-order valence-corrected chi connectivity index (χ0v) is 17.5. The molecule has 4 rings (SSSR count). The number of rotatable bonds is 4. The highest BCUT2D eigenvalue weighted by molar-refractivity contribution is 6.32. The van der Waals surface area contributed by atoms with Crippen molar-refractivity contribution in [3.05, 3.63) is 57.9 Å². The van der Waals surface area contributed by atoms with Gasteiger partial charge in [0.1, 0.15) is 5.75 Å². The third kappa shape index (κ3) is 3.16. The molecule has 0 saturated carbocycles. The van der Waals surface area contributed by atoms with Gasteiger partial charge in [0, 0.05) is 48.7 Å². The van der Waals surface area contributed by atoms with Gasteiger partial charge in [-0.1, -0.05) is 17.7 Å². The third-order valence-corrected chi connectivity index (χ3v) is 6.74. The lowest BCUT2D eigenvalue weighted by Crippen LogP contribution is -2.49. The molecule has 28 heavy (non-hydrogen) atoms. The number of halogens is 1. The highest BCUT2D eigenvalue weighted by Gasteiger charge is 2.47. The van der Waals surface area contributed by atoms with Crippen LogP contribution < -0.4 is 4.74 Å². The Morgan fingerprint density at radius 1 is 1.21 bits per heavy atom. The molecule has 0 radical (unpaired) electrons. The van der Waals surface area contributed by atoms with E-state index in [0.29, 0.717) is 11.6 Å². The summed E-state index contributed by atoms with van der Waals surface area (Å²) >= 11 is 6.65. The van der Waals surface area contributed by atoms with Gasteiger partial charge in [-0.3, -0.25) is 14.7 Å². The van der Waals surface area contributed by atoms with Crippen LogP contribution in [-0.2, 0) is 0 Å². The number of ether oxygens (including phenoxy) is 1. The van der Waals surface area contributed by atoms with Gasteiger partial charge in [0.05, 0.1) is 17.7 Å².